The first-order chi connectivity index (χ1) is 15.4. The summed E-state index contributed by atoms with van der Waals surface area (Å²) in [5.41, 5.74) is 4.73. The lowest BCUT2D eigenvalue weighted by Crippen LogP contribution is -2.38. The maximum atomic E-state index is 12.9. The lowest BCUT2D eigenvalue weighted by atomic mass is 9.90. The molecule has 1 fully saturated rings. The molecule has 1 aliphatic heterocycles. The van der Waals surface area contributed by atoms with Crippen molar-refractivity contribution in [2.75, 3.05) is 32.5 Å². The van der Waals surface area contributed by atoms with Crippen LogP contribution in [-0.4, -0.2) is 64.9 Å². The number of aryl methyl sites for hydroxylation is 2. The molecule has 1 saturated heterocycles. The van der Waals surface area contributed by atoms with Gasteiger partial charge in [0.25, 0.3) is 0 Å². The van der Waals surface area contributed by atoms with Crippen molar-refractivity contribution in [3.05, 3.63) is 40.3 Å². The first kappa shape index (κ1) is 25.3. The van der Waals surface area contributed by atoms with Crippen molar-refractivity contribution >= 4 is 21.9 Å². The highest BCUT2D eigenvalue weighted by Crippen LogP contribution is 2.32. The summed E-state index contributed by atoms with van der Waals surface area (Å²) in [4.78, 5) is 18.6. The fourth-order valence-corrected chi connectivity index (χ4v) is 5.59. The van der Waals surface area contributed by atoms with E-state index in [1.54, 1.807) is 0 Å². The molecule has 2 atom stereocenters. The lowest BCUT2D eigenvalue weighted by Gasteiger charge is -2.36. The minimum absolute atomic E-state index is 0.0835. The van der Waals surface area contributed by atoms with Gasteiger partial charge in [-0.3, -0.25) is 14.7 Å². The van der Waals surface area contributed by atoms with E-state index in [9.17, 15) is 13.2 Å². The number of nitrogens with one attached hydrogen (secondary N) is 1. The summed E-state index contributed by atoms with van der Waals surface area (Å²) < 4.78 is 27.8. The highest BCUT2D eigenvalue weighted by atomic mass is 32.2. The molecule has 3 rings (SSSR count). The number of anilines is 1. The number of likely N-dealkylation sites (tertiary alicyclic amines) is 1. The minimum atomic E-state index is -3.88. The zero-order chi connectivity index (χ0) is 24.5. The van der Waals surface area contributed by atoms with Gasteiger partial charge in [-0.2, -0.15) is 17.8 Å². The summed E-state index contributed by atoms with van der Waals surface area (Å²) in [6.45, 7) is 11.1. The normalized spacial score (nSPS) is 18.5. The lowest BCUT2D eigenvalue weighted by molar-refractivity contribution is -0.114. The van der Waals surface area contributed by atoms with Crippen LogP contribution in [0.25, 0.3) is 0 Å². The Hall–Kier alpha value is -2.30. The number of amides is 1. The van der Waals surface area contributed by atoms with Gasteiger partial charge in [-0.05, 0) is 77.1 Å². The second kappa shape index (κ2) is 9.90. The second-order valence-corrected chi connectivity index (χ2v) is 11.3. The average Bonchev–Trinajstić information content (AvgIpc) is 3.03. The molecule has 0 spiro atoms. The van der Waals surface area contributed by atoms with Gasteiger partial charge in [0.2, 0.25) is 5.91 Å². The van der Waals surface area contributed by atoms with Crippen LogP contribution in [0.3, 0.4) is 0 Å². The summed E-state index contributed by atoms with van der Waals surface area (Å²) in [7, 11) is -0.981. The largest absolute Gasteiger partial charge is 0.324 e. The van der Waals surface area contributed by atoms with Crippen LogP contribution in [0.2, 0.25) is 0 Å². The van der Waals surface area contributed by atoms with Crippen LogP contribution in [-0.2, 0) is 21.4 Å². The molecule has 2 aromatic rings. The summed E-state index contributed by atoms with van der Waals surface area (Å²) in [5.74, 6) is 0.368. The number of carbonyl (C=O) groups is 1. The third kappa shape index (κ3) is 5.62. The third-order valence-electron chi connectivity index (χ3n) is 6.26. The molecule has 2 aromatic heterocycles. The van der Waals surface area contributed by atoms with Crippen LogP contribution in [0.15, 0.2) is 12.1 Å². The molecule has 1 unspecified atom stereocenters. The standard InChI is InChI=1S/C23H36N6O3S/c1-15-11-21(12-16(2)24-15)13-20-9-8-10-28(14-20)18(4)22-17(3)23(25-19(5)30)29(26-22)33(31,32)27(6)7/h11-12,18,20H,8-10,13-14H2,1-7H3,(H,25,30)/t18?,20-/m1/s1. The van der Waals surface area contributed by atoms with E-state index in [2.05, 4.69) is 39.4 Å². The number of hydrogen-bond donors (Lipinski definition) is 1. The Morgan fingerprint density at radius 2 is 1.88 bits per heavy atom. The van der Waals surface area contributed by atoms with Gasteiger partial charge in [-0.1, -0.05) is 0 Å². The zero-order valence-electron chi connectivity index (χ0n) is 20.7. The Labute approximate surface area is 197 Å². The zero-order valence-corrected chi connectivity index (χ0v) is 21.5. The molecule has 0 bridgehead atoms. The van der Waals surface area contributed by atoms with Crippen LogP contribution in [0, 0.1) is 26.7 Å². The fraction of sp³-hybridized carbons (Fsp3) is 0.609. The van der Waals surface area contributed by atoms with Crippen molar-refractivity contribution in [3.8, 4) is 0 Å². The van der Waals surface area contributed by atoms with Crippen LogP contribution < -0.4 is 5.32 Å². The van der Waals surface area contributed by atoms with E-state index in [0.29, 0.717) is 17.2 Å². The molecule has 1 aliphatic rings. The number of nitrogens with zero attached hydrogens (tertiary/aromatic N) is 5. The van der Waals surface area contributed by atoms with E-state index in [0.717, 1.165) is 52.1 Å². The van der Waals surface area contributed by atoms with Crippen molar-refractivity contribution < 1.29 is 13.2 Å². The molecular formula is C23H36N6O3S. The molecule has 0 radical (unpaired) electrons. The Morgan fingerprint density at radius 3 is 2.45 bits per heavy atom. The summed E-state index contributed by atoms with van der Waals surface area (Å²) in [6.07, 6.45) is 3.22. The number of pyridine rings is 1. The smallest absolute Gasteiger partial charge is 0.310 e. The van der Waals surface area contributed by atoms with Crippen LogP contribution in [0.5, 0.6) is 0 Å². The van der Waals surface area contributed by atoms with E-state index in [4.69, 9.17) is 0 Å². The van der Waals surface area contributed by atoms with Crippen molar-refractivity contribution in [1.82, 2.24) is 23.4 Å². The van der Waals surface area contributed by atoms with E-state index in [-0.39, 0.29) is 17.8 Å². The Balaban J connectivity index is 1.87. The monoisotopic (exact) mass is 476 g/mol. The van der Waals surface area contributed by atoms with E-state index >= 15 is 0 Å². The molecule has 1 N–H and O–H groups in total. The van der Waals surface area contributed by atoms with Gasteiger partial charge in [-0.25, -0.2) is 0 Å². The van der Waals surface area contributed by atoms with E-state index in [1.807, 2.05) is 20.8 Å². The van der Waals surface area contributed by atoms with Gasteiger partial charge in [-0.15, -0.1) is 4.09 Å². The molecule has 9 nitrogen and oxygen atoms in total. The molecule has 10 heteroatoms. The highest BCUT2D eigenvalue weighted by molar-refractivity contribution is 7.87. The molecule has 0 aliphatic carbocycles. The van der Waals surface area contributed by atoms with Gasteiger partial charge >= 0.3 is 10.2 Å². The topological polar surface area (TPSA) is 100 Å². The van der Waals surface area contributed by atoms with Crippen molar-refractivity contribution in [2.24, 2.45) is 5.92 Å². The summed E-state index contributed by atoms with van der Waals surface area (Å²) >= 11 is 0. The third-order valence-corrected chi connectivity index (χ3v) is 7.89. The molecule has 1 amide bonds. The number of hydrogen-bond acceptors (Lipinski definition) is 6. The summed E-state index contributed by atoms with van der Waals surface area (Å²) in [6, 6.07) is 4.24. The molecule has 182 valence electrons. The van der Waals surface area contributed by atoms with Gasteiger partial charge in [0.05, 0.1) is 11.7 Å². The summed E-state index contributed by atoms with van der Waals surface area (Å²) in [5, 5.41) is 7.15. The number of carbonyl (C=O) groups excluding carboxylic acids is 1. The number of aromatic nitrogens is 3. The highest BCUT2D eigenvalue weighted by Gasteiger charge is 2.32. The minimum Gasteiger partial charge on any atom is -0.310 e. The molecule has 3 heterocycles. The molecular weight excluding hydrogens is 440 g/mol. The van der Waals surface area contributed by atoms with Crippen molar-refractivity contribution in [2.45, 2.75) is 59.9 Å². The molecule has 0 saturated carbocycles. The maximum Gasteiger partial charge on any atom is 0.324 e. The van der Waals surface area contributed by atoms with Crippen molar-refractivity contribution in [3.63, 3.8) is 0 Å². The maximum absolute atomic E-state index is 12.9. The van der Waals surface area contributed by atoms with Gasteiger partial charge < -0.3 is 5.32 Å². The second-order valence-electron chi connectivity index (χ2n) is 9.31. The fourth-order valence-electron chi connectivity index (χ4n) is 4.68. The van der Waals surface area contributed by atoms with E-state index in [1.165, 1.54) is 26.6 Å². The SMILES string of the molecule is CC(=O)Nc1c(C)c(C(C)N2CCC[C@H](Cc3cc(C)nc(C)c3)C2)nn1S(=O)(=O)N(C)C. The Bertz CT molecular complexity index is 1110. The van der Waals surface area contributed by atoms with Gasteiger partial charge in [0.15, 0.2) is 5.82 Å². The predicted molar refractivity (Wildman–Crippen MR) is 129 cm³/mol. The van der Waals surface area contributed by atoms with Gasteiger partial charge in [0.1, 0.15) is 0 Å². The number of rotatable bonds is 7. The van der Waals surface area contributed by atoms with Crippen LogP contribution >= 0.6 is 0 Å². The molecule has 33 heavy (non-hydrogen) atoms. The van der Waals surface area contributed by atoms with Crippen LogP contribution in [0.4, 0.5) is 5.82 Å². The first-order valence-electron chi connectivity index (χ1n) is 11.4. The Kier molecular flexibility index (Phi) is 7.60. The number of piperidine rings is 1. The van der Waals surface area contributed by atoms with Crippen LogP contribution in [0.1, 0.15) is 60.9 Å². The average molecular weight is 477 g/mol. The van der Waals surface area contributed by atoms with E-state index < -0.39 is 10.2 Å². The van der Waals surface area contributed by atoms with Gasteiger partial charge in [0, 0.05) is 44.5 Å². The first-order valence-corrected chi connectivity index (χ1v) is 12.8. The predicted octanol–water partition coefficient (Wildman–Crippen LogP) is 2.83. The molecule has 0 aromatic carbocycles. The van der Waals surface area contributed by atoms with Crippen molar-refractivity contribution in [1.29, 1.82) is 0 Å². The quantitative estimate of drug-likeness (QED) is 0.660. The Morgan fingerprint density at radius 1 is 1.24 bits per heavy atom.